The maximum Gasteiger partial charge on any atom is 0.387 e. The Bertz CT molecular complexity index is 582. The summed E-state index contributed by atoms with van der Waals surface area (Å²) in [7, 11) is 0. The fraction of sp³-hybridized carbons (Fsp3) is 0.429. The van der Waals surface area contributed by atoms with E-state index in [9.17, 15) is 23.5 Å². The van der Waals surface area contributed by atoms with Crippen molar-refractivity contribution in [1.29, 1.82) is 0 Å². The van der Waals surface area contributed by atoms with Crippen molar-refractivity contribution in [1.82, 2.24) is 5.32 Å². The van der Waals surface area contributed by atoms with E-state index < -0.39 is 18.7 Å². The first-order valence-corrected chi connectivity index (χ1v) is 7.27. The summed E-state index contributed by atoms with van der Waals surface area (Å²) in [5.41, 5.74) is 4.87. The Morgan fingerprint density at radius 1 is 1.38 bits per heavy atom. The molecule has 1 heterocycles. The Morgan fingerprint density at radius 2 is 2.04 bits per heavy atom. The number of hydrogen-bond donors (Lipinski definition) is 4. The zero-order chi connectivity index (χ0) is 18.3. The van der Waals surface area contributed by atoms with Crippen LogP contribution in [-0.2, 0) is 9.59 Å². The number of aliphatic hydroxyl groups excluding tert-OH is 1. The Balaban J connectivity index is 0.000000300. The zero-order valence-electron chi connectivity index (χ0n) is 12.4. The molecular formula is C14H17ClF2N2O5. The fourth-order valence-electron chi connectivity index (χ4n) is 1.98. The number of carbonyl (C=O) groups is 2. The first-order valence-electron chi connectivity index (χ1n) is 6.89. The highest BCUT2D eigenvalue weighted by Crippen LogP contribution is 2.26. The van der Waals surface area contributed by atoms with Gasteiger partial charge in [-0.3, -0.25) is 4.79 Å². The molecule has 1 fully saturated rings. The third kappa shape index (κ3) is 6.65. The number of nitrogens with one attached hydrogen (secondary N) is 1. The number of amides is 1. The largest absolute Gasteiger partial charge is 0.479 e. The van der Waals surface area contributed by atoms with Gasteiger partial charge in [-0.2, -0.15) is 8.78 Å². The van der Waals surface area contributed by atoms with Gasteiger partial charge in [0.15, 0.2) is 6.10 Å². The van der Waals surface area contributed by atoms with Gasteiger partial charge in [0.25, 0.3) is 0 Å². The van der Waals surface area contributed by atoms with Gasteiger partial charge in [0.1, 0.15) is 5.75 Å². The monoisotopic (exact) mass is 366 g/mol. The number of ether oxygens (including phenoxy) is 1. The first-order chi connectivity index (χ1) is 11.2. The lowest BCUT2D eigenvalue weighted by Gasteiger charge is -2.10. The summed E-state index contributed by atoms with van der Waals surface area (Å²) in [6.45, 7) is -2.11. The van der Waals surface area contributed by atoms with Crippen LogP contribution in [0.25, 0.3) is 0 Å². The average Bonchev–Trinajstić information content (AvgIpc) is 3.00. The molecule has 1 aliphatic heterocycles. The molecule has 1 aromatic carbocycles. The lowest BCUT2D eigenvalue weighted by molar-refractivity contribution is -0.147. The molecule has 134 valence electrons. The standard InChI is InChI=1S/C9H7ClF2O4.C5H10N2O/c10-5-1-4(7(13)8(14)15)2-6(3-5)16-9(11)12;6-5(8)4-2-1-3-7-4/h1-3,7,9,13H,(H,14,15);4,7H,1-3H2,(H2,6,8)/t;4-/m.0/s1. The number of benzene rings is 1. The Kier molecular flexibility index (Phi) is 7.83. The molecule has 0 spiro atoms. The molecule has 1 unspecified atom stereocenters. The molecule has 1 aliphatic rings. The van der Waals surface area contributed by atoms with Crippen LogP contribution in [0.3, 0.4) is 0 Å². The number of hydrogen-bond acceptors (Lipinski definition) is 5. The highest BCUT2D eigenvalue weighted by atomic mass is 35.5. The summed E-state index contributed by atoms with van der Waals surface area (Å²) in [5, 5.41) is 20.7. The van der Waals surface area contributed by atoms with Crippen LogP contribution in [0.5, 0.6) is 5.75 Å². The van der Waals surface area contributed by atoms with Gasteiger partial charge in [-0.1, -0.05) is 11.6 Å². The van der Waals surface area contributed by atoms with E-state index in [0.717, 1.165) is 37.6 Å². The van der Waals surface area contributed by atoms with Crippen LogP contribution < -0.4 is 15.8 Å². The maximum absolute atomic E-state index is 11.9. The van der Waals surface area contributed by atoms with Crippen molar-refractivity contribution in [3.05, 3.63) is 28.8 Å². The minimum absolute atomic E-state index is 0.00606. The highest BCUT2D eigenvalue weighted by Gasteiger charge is 2.19. The zero-order valence-corrected chi connectivity index (χ0v) is 13.2. The van der Waals surface area contributed by atoms with E-state index in [0.29, 0.717) is 0 Å². The lowest BCUT2D eigenvalue weighted by Crippen LogP contribution is -2.36. The second-order valence-corrected chi connectivity index (χ2v) is 5.33. The van der Waals surface area contributed by atoms with Crippen LogP contribution in [0.2, 0.25) is 5.02 Å². The third-order valence-electron chi connectivity index (χ3n) is 3.07. The average molecular weight is 367 g/mol. The molecule has 1 aromatic rings. The number of primary amides is 1. The van der Waals surface area contributed by atoms with E-state index in [-0.39, 0.29) is 28.3 Å². The van der Waals surface area contributed by atoms with Crippen LogP contribution >= 0.6 is 11.6 Å². The van der Waals surface area contributed by atoms with Crippen LogP contribution in [0.4, 0.5) is 8.78 Å². The van der Waals surface area contributed by atoms with Gasteiger partial charge >= 0.3 is 12.6 Å². The van der Waals surface area contributed by atoms with E-state index in [1.54, 1.807) is 0 Å². The third-order valence-corrected chi connectivity index (χ3v) is 3.29. The maximum atomic E-state index is 11.9. The van der Waals surface area contributed by atoms with Gasteiger partial charge < -0.3 is 26.0 Å². The molecule has 0 aromatic heterocycles. The van der Waals surface area contributed by atoms with Crippen molar-refractivity contribution in [3.63, 3.8) is 0 Å². The molecule has 2 atom stereocenters. The molecule has 0 aliphatic carbocycles. The van der Waals surface area contributed by atoms with Crippen LogP contribution in [0.1, 0.15) is 24.5 Å². The molecule has 2 rings (SSSR count). The number of nitrogens with two attached hydrogens (primary N) is 1. The normalized spacial score (nSPS) is 17.8. The number of carboxylic acid groups (broad SMARTS) is 1. The minimum atomic E-state index is -3.05. The molecule has 24 heavy (non-hydrogen) atoms. The van der Waals surface area contributed by atoms with E-state index >= 15 is 0 Å². The first kappa shape index (κ1) is 20.1. The van der Waals surface area contributed by atoms with Crippen LogP contribution in [-0.4, -0.2) is 41.3 Å². The molecule has 1 saturated heterocycles. The van der Waals surface area contributed by atoms with Crippen molar-refractivity contribution >= 4 is 23.5 Å². The number of carbonyl (C=O) groups excluding carboxylic acids is 1. The van der Waals surface area contributed by atoms with Gasteiger partial charge in [-0.05, 0) is 43.1 Å². The second kappa shape index (κ2) is 9.36. The molecular weight excluding hydrogens is 350 g/mol. The van der Waals surface area contributed by atoms with E-state index in [1.807, 2.05) is 0 Å². The molecule has 7 nitrogen and oxygen atoms in total. The fourth-order valence-corrected chi connectivity index (χ4v) is 2.22. The minimum Gasteiger partial charge on any atom is -0.479 e. The number of aliphatic carboxylic acids is 1. The highest BCUT2D eigenvalue weighted by molar-refractivity contribution is 6.30. The summed E-state index contributed by atoms with van der Waals surface area (Å²) < 4.78 is 27.8. The van der Waals surface area contributed by atoms with Crippen molar-refractivity contribution in [2.75, 3.05) is 6.54 Å². The quantitative estimate of drug-likeness (QED) is 0.622. The van der Waals surface area contributed by atoms with Gasteiger partial charge in [-0.15, -0.1) is 0 Å². The molecule has 0 bridgehead atoms. The predicted molar refractivity (Wildman–Crippen MR) is 80.9 cm³/mol. The van der Waals surface area contributed by atoms with Crippen LogP contribution in [0.15, 0.2) is 18.2 Å². The predicted octanol–water partition coefficient (Wildman–Crippen LogP) is 1.28. The molecule has 0 radical (unpaired) electrons. The number of carboxylic acids is 1. The molecule has 10 heteroatoms. The SMILES string of the molecule is NC(=O)[C@@H]1CCCN1.O=C(O)C(O)c1cc(Cl)cc(OC(F)F)c1. The molecule has 1 amide bonds. The number of halogens is 3. The number of alkyl halides is 2. The summed E-state index contributed by atoms with van der Waals surface area (Å²) in [4.78, 5) is 20.8. The Labute approximate surface area is 141 Å². The molecule has 0 saturated carbocycles. The summed E-state index contributed by atoms with van der Waals surface area (Å²) >= 11 is 5.55. The van der Waals surface area contributed by atoms with Crippen LogP contribution in [0, 0.1) is 0 Å². The second-order valence-electron chi connectivity index (χ2n) is 4.89. The van der Waals surface area contributed by atoms with E-state index in [1.165, 1.54) is 0 Å². The number of aliphatic hydroxyl groups is 1. The van der Waals surface area contributed by atoms with Gasteiger partial charge in [0.2, 0.25) is 5.91 Å². The van der Waals surface area contributed by atoms with Gasteiger partial charge in [0, 0.05) is 5.02 Å². The van der Waals surface area contributed by atoms with Crippen molar-refractivity contribution in [2.45, 2.75) is 31.6 Å². The summed E-state index contributed by atoms with van der Waals surface area (Å²) in [6.07, 6.45) is 0.155. The van der Waals surface area contributed by atoms with Gasteiger partial charge in [0.05, 0.1) is 6.04 Å². The number of rotatable bonds is 5. The molecule has 5 N–H and O–H groups in total. The van der Waals surface area contributed by atoms with Crippen molar-refractivity contribution in [2.24, 2.45) is 5.73 Å². The summed E-state index contributed by atoms with van der Waals surface area (Å²) in [5.74, 6) is -2.04. The Morgan fingerprint density at radius 3 is 2.46 bits per heavy atom. The van der Waals surface area contributed by atoms with Crippen molar-refractivity contribution < 1.29 is 33.3 Å². The Hall–Kier alpha value is -1.97. The van der Waals surface area contributed by atoms with Crippen molar-refractivity contribution in [3.8, 4) is 5.75 Å². The smallest absolute Gasteiger partial charge is 0.387 e. The van der Waals surface area contributed by atoms with Gasteiger partial charge in [-0.25, -0.2) is 4.79 Å². The lowest BCUT2D eigenvalue weighted by atomic mass is 10.1. The van der Waals surface area contributed by atoms with E-state index in [4.69, 9.17) is 22.4 Å². The van der Waals surface area contributed by atoms with E-state index in [2.05, 4.69) is 10.1 Å². The summed E-state index contributed by atoms with van der Waals surface area (Å²) in [6, 6.07) is 3.18. The topological polar surface area (TPSA) is 122 Å².